The van der Waals surface area contributed by atoms with E-state index >= 15 is 0 Å². The molecule has 2 heterocycles. The van der Waals surface area contributed by atoms with E-state index in [1.807, 2.05) is 48.5 Å². The lowest BCUT2D eigenvalue weighted by Crippen LogP contribution is -2.38. The summed E-state index contributed by atoms with van der Waals surface area (Å²) in [5.74, 6) is -0.625. The van der Waals surface area contributed by atoms with Crippen molar-refractivity contribution >= 4 is 34.2 Å². The van der Waals surface area contributed by atoms with Crippen LogP contribution in [-0.2, 0) is 4.79 Å². The molecule has 1 aromatic heterocycles. The highest BCUT2D eigenvalue weighted by Gasteiger charge is 2.24. The van der Waals surface area contributed by atoms with Crippen molar-refractivity contribution in [1.29, 1.82) is 0 Å². The van der Waals surface area contributed by atoms with Crippen molar-refractivity contribution in [3.63, 3.8) is 0 Å². The van der Waals surface area contributed by atoms with Gasteiger partial charge < -0.3 is 16.0 Å². The molecular formula is C21H21N5O2. The molecule has 1 fully saturated rings. The zero-order chi connectivity index (χ0) is 19.5. The highest BCUT2D eigenvalue weighted by atomic mass is 16.2. The van der Waals surface area contributed by atoms with Crippen LogP contribution in [0, 0.1) is 5.92 Å². The molecule has 0 unspecified atom stereocenters. The molecule has 2 aromatic carbocycles. The summed E-state index contributed by atoms with van der Waals surface area (Å²) in [5.41, 5.74) is 8.75. The van der Waals surface area contributed by atoms with Crippen molar-refractivity contribution in [2.24, 2.45) is 11.7 Å². The second-order valence-electron chi connectivity index (χ2n) is 6.88. The molecule has 3 N–H and O–H groups in total. The topological polar surface area (TPSA) is 101 Å². The summed E-state index contributed by atoms with van der Waals surface area (Å²) in [6, 6.07) is 15.1. The first kappa shape index (κ1) is 17.9. The number of amides is 2. The molecule has 4 rings (SSSR count). The minimum Gasteiger partial charge on any atom is -0.370 e. The van der Waals surface area contributed by atoms with Crippen molar-refractivity contribution in [3.8, 4) is 0 Å². The van der Waals surface area contributed by atoms with E-state index in [0.717, 1.165) is 24.3 Å². The van der Waals surface area contributed by atoms with Gasteiger partial charge in [0.2, 0.25) is 5.91 Å². The minimum atomic E-state index is -0.308. The third kappa shape index (κ3) is 3.64. The van der Waals surface area contributed by atoms with Crippen molar-refractivity contribution in [1.82, 2.24) is 9.97 Å². The number of anilines is 2. The fraction of sp³-hybridized carbons (Fsp3) is 0.238. The Morgan fingerprint density at radius 3 is 2.43 bits per heavy atom. The van der Waals surface area contributed by atoms with Crippen molar-refractivity contribution in [2.75, 3.05) is 23.3 Å². The number of rotatable bonds is 4. The van der Waals surface area contributed by atoms with Gasteiger partial charge in [-0.15, -0.1) is 0 Å². The summed E-state index contributed by atoms with van der Waals surface area (Å²) in [4.78, 5) is 35.0. The number of nitrogens with two attached hydrogens (primary N) is 1. The van der Waals surface area contributed by atoms with E-state index < -0.39 is 0 Å². The Balaban J connectivity index is 1.53. The minimum absolute atomic E-state index is 0.0779. The van der Waals surface area contributed by atoms with Crippen LogP contribution in [0.4, 0.5) is 11.4 Å². The third-order valence-corrected chi connectivity index (χ3v) is 5.07. The van der Waals surface area contributed by atoms with Crippen LogP contribution in [0.15, 0.2) is 54.7 Å². The van der Waals surface area contributed by atoms with Gasteiger partial charge in [0.15, 0.2) is 0 Å². The number of benzene rings is 2. The van der Waals surface area contributed by atoms with Gasteiger partial charge in [0.25, 0.3) is 5.91 Å². The number of nitrogens with zero attached hydrogens (tertiary/aromatic N) is 3. The average molecular weight is 375 g/mol. The number of piperidine rings is 1. The normalized spacial score (nSPS) is 14.8. The number of para-hydroxylation sites is 4. The fourth-order valence-corrected chi connectivity index (χ4v) is 3.51. The maximum absolute atomic E-state index is 12.7. The van der Waals surface area contributed by atoms with E-state index in [1.165, 1.54) is 6.20 Å². The van der Waals surface area contributed by atoms with Gasteiger partial charge in [-0.2, -0.15) is 0 Å². The second-order valence-corrected chi connectivity index (χ2v) is 6.88. The van der Waals surface area contributed by atoms with E-state index in [9.17, 15) is 9.59 Å². The fourth-order valence-electron chi connectivity index (χ4n) is 3.51. The highest BCUT2D eigenvalue weighted by Crippen LogP contribution is 2.30. The lowest BCUT2D eigenvalue weighted by atomic mass is 9.96. The first-order valence-corrected chi connectivity index (χ1v) is 9.28. The van der Waals surface area contributed by atoms with Gasteiger partial charge in [-0.25, -0.2) is 4.98 Å². The maximum atomic E-state index is 12.7. The molecule has 0 radical (unpaired) electrons. The molecule has 0 atom stereocenters. The lowest BCUT2D eigenvalue weighted by molar-refractivity contribution is -0.122. The monoisotopic (exact) mass is 375 g/mol. The molecule has 0 bridgehead atoms. The first-order valence-electron chi connectivity index (χ1n) is 9.28. The van der Waals surface area contributed by atoms with Crippen LogP contribution in [0.1, 0.15) is 23.3 Å². The molecule has 7 heteroatoms. The molecule has 2 amide bonds. The van der Waals surface area contributed by atoms with Crippen LogP contribution in [0.3, 0.4) is 0 Å². The van der Waals surface area contributed by atoms with Crippen LogP contribution in [0.2, 0.25) is 0 Å². The van der Waals surface area contributed by atoms with Gasteiger partial charge >= 0.3 is 0 Å². The number of fused-ring (bicyclic) bond motifs is 1. The van der Waals surface area contributed by atoms with E-state index in [2.05, 4.69) is 20.2 Å². The molecule has 1 saturated heterocycles. The number of primary amides is 1. The van der Waals surface area contributed by atoms with E-state index in [0.29, 0.717) is 24.0 Å². The smallest absolute Gasteiger partial charge is 0.275 e. The van der Waals surface area contributed by atoms with Gasteiger partial charge in [-0.1, -0.05) is 24.3 Å². The Labute approximate surface area is 162 Å². The number of carbonyl (C=O) groups is 2. The Kier molecular flexibility index (Phi) is 4.89. The maximum Gasteiger partial charge on any atom is 0.275 e. The summed E-state index contributed by atoms with van der Waals surface area (Å²) in [7, 11) is 0. The molecule has 3 aromatic rings. The molecule has 0 spiro atoms. The van der Waals surface area contributed by atoms with Crippen molar-refractivity contribution in [3.05, 3.63) is 60.4 Å². The van der Waals surface area contributed by atoms with Crippen LogP contribution >= 0.6 is 0 Å². The van der Waals surface area contributed by atoms with Gasteiger partial charge in [0.1, 0.15) is 5.69 Å². The molecule has 28 heavy (non-hydrogen) atoms. The second kappa shape index (κ2) is 7.64. The predicted octanol–water partition coefficient (Wildman–Crippen LogP) is 2.58. The summed E-state index contributed by atoms with van der Waals surface area (Å²) >= 11 is 0. The molecule has 1 aliphatic rings. The lowest BCUT2D eigenvalue weighted by Gasteiger charge is -2.33. The summed E-state index contributed by atoms with van der Waals surface area (Å²) in [6.07, 6.45) is 2.92. The zero-order valence-electron chi connectivity index (χ0n) is 15.3. The van der Waals surface area contributed by atoms with Crippen LogP contribution < -0.4 is 16.0 Å². The van der Waals surface area contributed by atoms with E-state index in [1.54, 1.807) is 0 Å². The molecule has 0 aliphatic carbocycles. The number of nitrogens with one attached hydrogen (secondary N) is 1. The number of aromatic nitrogens is 2. The molecule has 0 saturated carbocycles. The van der Waals surface area contributed by atoms with Crippen molar-refractivity contribution in [2.45, 2.75) is 12.8 Å². The van der Waals surface area contributed by atoms with Crippen LogP contribution in [-0.4, -0.2) is 34.9 Å². The van der Waals surface area contributed by atoms with Crippen LogP contribution in [0.25, 0.3) is 11.0 Å². The standard InChI is InChI=1S/C21H21N5O2/c22-20(27)14-9-11-26(12-10-14)19-8-4-3-7-17(19)25-21(28)18-13-23-15-5-1-2-6-16(15)24-18/h1-8,13-14H,9-12H2,(H2,22,27)(H,25,28). The summed E-state index contributed by atoms with van der Waals surface area (Å²) in [5, 5.41) is 2.95. The van der Waals surface area contributed by atoms with Gasteiger partial charge in [0, 0.05) is 19.0 Å². The zero-order valence-corrected chi connectivity index (χ0v) is 15.3. The van der Waals surface area contributed by atoms with Gasteiger partial charge in [-0.3, -0.25) is 14.6 Å². The Morgan fingerprint density at radius 2 is 1.68 bits per heavy atom. The number of hydrogen-bond donors (Lipinski definition) is 2. The summed E-state index contributed by atoms with van der Waals surface area (Å²) in [6.45, 7) is 1.44. The molecule has 7 nitrogen and oxygen atoms in total. The molecule has 1 aliphatic heterocycles. The van der Waals surface area contributed by atoms with Gasteiger partial charge in [0.05, 0.1) is 28.6 Å². The highest BCUT2D eigenvalue weighted by molar-refractivity contribution is 6.05. The SMILES string of the molecule is NC(=O)C1CCN(c2ccccc2NC(=O)c2cnc3ccccc3n2)CC1. The predicted molar refractivity (Wildman–Crippen MR) is 108 cm³/mol. The van der Waals surface area contributed by atoms with Crippen molar-refractivity contribution < 1.29 is 9.59 Å². The first-order chi connectivity index (χ1) is 13.6. The van der Waals surface area contributed by atoms with Crippen LogP contribution in [0.5, 0.6) is 0 Å². The molecule has 142 valence electrons. The molecular weight excluding hydrogens is 354 g/mol. The van der Waals surface area contributed by atoms with Gasteiger partial charge in [-0.05, 0) is 37.1 Å². The van der Waals surface area contributed by atoms with E-state index in [4.69, 9.17) is 5.73 Å². The number of hydrogen-bond acceptors (Lipinski definition) is 5. The Morgan fingerprint density at radius 1 is 1.00 bits per heavy atom. The van der Waals surface area contributed by atoms with E-state index in [-0.39, 0.29) is 23.4 Å². The average Bonchev–Trinajstić information content (AvgIpc) is 2.74. The number of carbonyl (C=O) groups excluding carboxylic acids is 2. The Bertz CT molecular complexity index is 1030. The quantitative estimate of drug-likeness (QED) is 0.730. The summed E-state index contributed by atoms with van der Waals surface area (Å²) < 4.78 is 0. The largest absolute Gasteiger partial charge is 0.370 e. The third-order valence-electron chi connectivity index (χ3n) is 5.07. The Hall–Kier alpha value is -3.48.